The Hall–Kier alpha value is -3.56. The first kappa shape index (κ1) is 25.1. The van der Waals surface area contributed by atoms with Gasteiger partial charge < -0.3 is 14.9 Å². The molecule has 3 aliphatic rings. The van der Waals surface area contributed by atoms with Crippen LogP contribution in [0.5, 0.6) is 0 Å². The summed E-state index contributed by atoms with van der Waals surface area (Å²) in [6.07, 6.45) is -2.03. The Balaban J connectivity index is 1.33. The molecule has 3 fully saturated rings. The van der Waals surface area contributed by atoms with Crippen molar-refractivity contribution in [2.24, 2.45) is 28.8 Å². The molecule has 3 N–H and O–H groups in total. The standard InChI is InChI=1S/C28H31N3O6/c1-16(18-10-6-3-7-11-18)31-26(34)20-13-12-19-21(14-22(32)25(33)23(19)24(20)27(31)35)29-30-28(36)37-15-17-8-4-2-5-9-17/h2-11,16,19-20,22-25,32-33H,12-15H2,1H3,(H,30,36)/b29-21+/t16-,19+,20+,22+,23-,24+,25+/m0/s1. The van der Waals surface area contributed by atoms with Gasteiger partial charge in [-0.2, -0.15) is 5.10 Å². The second-order valence-corrected chi connectivity index (χ2v) is 10.1. The lowest BCUT2D eigenvalue weighted by Crippen LogP contribution is -2.55. The molecule has 2 aromatic rings. The zero-order valence-corrected chi connectivity index (χ0v) is 20.6. The predicted octanol–water partition coefficient (Wildman–Crippen LogP) is 2.78. The summed E-state index contributed by atoms with van der Waals surface area (Å²) in [6, 6.07) is 18.1. The third-order valence-corrected chi connectivity index (χ3v) is 7.99. The van der Waals surface area contributed by atoms with E-state index in [1.165, 1.54) is 4.90 Å². The van der Waals surface area contributed by atoms with Gasteiger partial charge in [-0.3, -0.25) is 14.5 Å². The molecule has 0 aromatic heterocycles. The van der Waals surface area contributed by atoms with Crippen LogP contribution in [0, 0.1) is 23.7 Å². The Labute approximate surface area is 215 Å². The van der Waals surface area contributed by atoms with Gasteiger partial charge in [0.05, 0.1) is 30.1 Å². The van der Waals surface area contributed by atoms with Crippen LogP contribution in [0.15, 0.2) is 65.8 Å². The molecule has 1 heterocycles. The quantitative estimate of drug-likeness (QED) is 0.423. The van der Waals surface area contributed by atoms with Gasteiger partial charge in [0, 0.05) is 24.0 Å². The summed E-state index contributed by atoms with van der Waals surface area (Å²) in [4.78, 5) is 40.6. The number of amides is 3. The molecule has 0 unspecified atom stereocenters. The fourth-order valence-corrected chi connectivity index (χ4v) is 6.16. The van der Waals surface area contributed by atoms with Crippen molar-refractivity contribution in [3.05, 3.63) is 71.8 Å². The number of aliphatic hydroxyl groups is 2. The van der Waals surface area contributed by atoms with Crippen molar-refractivity contribution >= 4 is 23.6 Å². The molecule has 2 aliphatic carbocycles. The van der Waals surface area contributed by atoms with E-state index in [1.54, 1.807) is 0 Å². The first-order valence-corrected chi connectivity index (χ1v) is 12.7. The van der Waals surface area contributed by atoms with E-state index < -0.39 is 42.1 Å². The molecule has 0 spiro atoms. The molecule has 2 saturated carbocycles. The molecule has 7 atom stereocenters. The monoisotopic (exact) mass is 505 g/mol. The number of hydrogen-bond donors (Lipinski definition) is 3. The third-order valence-electron chi connectivity index (χ3n) is 7.99. The van der Waals surface area contributed by atoms with Gasteiger partial charge in [-0.15, -0.1) is 0 Å². The molecule has 0 bridgehead atoms. The molecular weight excluding hydrogens is 474 g/mol. The normalized spacial score (nSPS) is 31.0. The zero-order valence-electron chi connectivity index (χ0n) is 20.6. The van der Waals surface area contributed by atoms with Crippen LogP contribution >= 0.6 is 0 Å². The van der Waals surface area contributed by atoms with Crippen LogP contribution in [0.1, 0.15) is 43.4 Å². The van der Waals surface area contributed by atoms with Gasteiger partial charge in [-0.1, -0.05) is 60.7 Å². The highest BCUT2D eigenvalue weighted by atomic mass is 16.6. The Morgan fingerprint density at radius 3 is 2.38 bits per heavy atom. The molecular formula is C28H31N3O6. The summed E-state index contributed by atoms with van der Waals surface area (Å²) in [5, 5.41) is 25.9. The van der Waals surface area contributed by atoms with Crippen LogP contribution < -0.4 is 5.43 Å². The molecule has 37 heavy (non-hydrogen) atoms. The molecule has 0 radical (unpaired) electrons. The maximum Gasteiger partial charge on any atom is 0.428 e. The van der Waals surface area contributed by atoms with Crippen LogP contribution in [0.4, 0.5) is 4.79 Å². The molecule has 1 saturated heterocycles. The lowest BCUT2D eigenvalue weighted by atomic mass is 9.60. The summed E-state index contributed by atoms with van der Waals surface area (Å²) in [5.74, 6) is -2.89. The van der Waals surface area contributed by atoms with Gasteiger partial charge in [0.2, 0.25) is 11.8 Å². The van der Waals surface area contributed by atoms with Gasteiger partial charge >= 0.3 is 6.09 Å². The van der Waals surface area contributed by atoms with E-state index in [0.29, 0.717) is 18.6 Å². The number of likely N-dealkylation sites (tertiary alicyclic amines) is 1. The molecule has 1 aliphatic heterocycles. The number of ether oxygens (including phenoxy) is 1. The Morgan fingerprint density at radius 1 is 1.03 bits per heavy atom. The van der Waals surface area contributed by atoms with E-state index in [-0.39, 0.29) is 30.8 Å². The van der Waals surface area contributed by atoms with Crippen LogP contribution in [0.2, 0.25) is 0 Å². The second-order valence-electron chi connectivity index (χ2n) is 10.1. The van der Waals surface area contributed by atoms with Crippen molar-refractivity contribution in [1.82, 2.24) is 10.3 Å². The average Bonchev–Trinajstić information content (AvgIpc) is 3.18. The van der Waals surface area contributed by atoms with Gasteiger partial charge in [0.15, 0.2) is 0 Å². The minimum atomic E-state index is -1.18. The predicted molar refractivity (Wildman–Crippen MR) is 134 cm³/mol. The van der Waals surface area contributed by atoms with E-state index in [0.717, 1.165) is 11.1 Å². The van der Waals surface area contributed by atoms with Gasteiger partial charge in [0.1, 0.15) is 6.61 Å². The third kappa shape index (κ3) is 4.76. The first-order valence-electron chi connectivity index (χ1n) is 12.7. The number of benzene rings is 2. The number of hydrazone groups is 1. The second kappa shape index (κ2) is 10.4. The summed E-state index contributed by atoms with van der Waals surface area (Å²) < 4.78 is 5.21. The Kier molecular flexibility index (Phi) is 7.08. The van der Waals surface area contributed by atoms with Gasteiger partial charge in [-0.25, -0.2) is 10.2 Å². The summed E-state index contributed by atoms with van der Waals surface area (Å²) in [5.41, 5.74) is 4.57. The Morgan fingerprint density at radius 2 is 1.68 bits per heavy atom. The molecule has 194 valence electrons. The number of nitrogens with one attached hydrogen (secondary N) is 1. The summed E-state index contributed by atoms with van der Waals surface area (Å²) in [6.45, 7) is 1.91. The van der Waals surface area contributed by atoms with Crippen molar-refractivity contribution < 1.29 is 29.3 Å². The smallest absolute Gasteiger partial charge is 0.428 e. The summed E-state index contributed by atoms with van der Waals surface area (Å²) >= 11 is 0. The number of aliphatic hydroxyl groups excluding tert-OH is 2. The molecule has 9 heteroatoms. The number of imide groups is 1. The minimum absolute atomic E-state index is 0.0605. The van der Waals surface area contributed by atoms with Gasteiger partial charge in [0.25, 0.3) is 0 Å². The lowest BCUT2D eigenvalue weighted by Gasteiger charge is -2.45. The highest BCUT2D eigenvalue weighted by Gasteiger charge is 2.60. The lowest BCUT2D eigenvalue weighted by molar-refractivity contribution is -0.144. The maximum atomic E-state index is 13.6. The maximum absolute atomic E-state index is 13.6. The van der Waals surface area contributed by atoms with Crippen molar-refractivity contribution in [2.45, 2.75) is 51.0 Å². The van der Waals surface area contributed by atoms with Crippen molar-refractivity contribution in [3.8, 4) is 0 Å². The highest BCUT2D eigenvalue weighted by Crippen LogP contribution is 2.50. The van der Waals surface area contributed by atoms with Crippen LogP contribution in [0.25, 0.3) is 0 Å². The fraction of sp³-hybridized carbons (Fsp3) is 0.429. The summed E-state index contributed by atoms with van der Waals surface area (Å²) in [7, 11) is 0. The van der Waals surface area contributed by atoms with Crippen LogP contribution in [-0.4, -0.2) is 50.9 Å². The number of carbonyl (C=O) groups excluding carboxylic acids is 3. The van der Waals surface area contributed by atoms with Crippen molar-refractivity contribution in [2.75, 3.05) is 0 Å². The molecule has 2 aromatic carbocycles. The van der Waals surface area contributed by atoms with Gasteiger partial charge in [-0.05, 0) is 30.9 Å². The van der Waals surface area contributed by atoms with E-state index in [1.807, 2.05) is 67.6 Å². The highest BCUT2D eigenvalue weighted by molar-refractivity contribution is 6.06. The van der Waals surface area contributed by atoms with E-state index in [9.17, 15) is 24.6 Å². The minimum Gasteiger partial charge on any atom is -0.443 e. The largest absolute Gasteiger partial charge is 0.443 e. The number of carbonyl (C=O) groups is 3. The van der Waals surface area contributed by atoms with E-state index in [2.05, 4.69) is 10.5 Å². The number of nitrogens with zero attached hydrogens (tertiary/aromatic N) is 2. The fourth-order valence-electron chi connectivity index (χ4n) is 6.16. The topological polar surface area (TPSA) is 129 Å². The number of fused-ring (bicyclic) bond motifs is 3. The van der Waals surface area contributed by atoms with Crippen molar-refractivity contribution in [1.29, 1.82) is 0 Å². The Bertz CT molecular complexity index is 1190. The zero-order chi connectivity index (χ0) is 26.1. The SMILES string of the molecule is C[C@@H](c1ccccc1)N1C(=O)[C@H]2[C@H]3[C@H](O)[C@H](O)C/C(=N\NC(=O)OCc4ccccc4)[C@H]3CC[C@H]2C1=O. The number of rotatable bonds is 5. The van der Waals surface area contributed by atoms with Crippen LogP contribution in [0.3, 0.4) is 0 Å². The first-order chi connectivity index (χ1) is 17.9. The van der Waals surface area contributed by atoms with E-state index in [4.69, 9.17) is 4.74 Å². The average molecular weight is 506 g/mol. The van der Waals surface area contributed by atoms with Crippen LogP contribution in [-0.2, 0) is 20.9 Å². The molecule has 9 nitrogen and oxygen atoms in total. The molecule has 5 rings (SSSR count). The van der Waals surface area contributed by atoms with Crippen molar-refractivity contribution in [3.63, 3.8) is 0 Å². The number of hydrogen-bond acceptors (Lipinski definition) is 7. The molecule has 3 amide bonds. The van der Waals surface area contributed by atoms with E-state index >= 15 is 0 Å².